The Morgan fingerprint density at radius 2 is 2.14 bits per heavy atom. The van der Waals surface area contributed by atoms with Gasteiger partial charge in [0.15, 0.2) is 4.60 Å². The second kappa shape index (κ2) is 5.92. The fraction of sp³-hybridized carbons (Fsp3) is 0.769. The molecule has 0 spiro atoms. The third-order valence-corrected chi connectivity index (χ3v) is 4.12. The van der Waals surface area contributed by atoms with Gasteiger partial charge in [-0.25, -0.2) is 9.48 Å². The Morgan fingerprint density at radius 1 is 1.48 bits per heavy atom. The smallest absolute Gasteiger partial charge is 0.410 e. The number of β-amino-alcohol motifs (C(OH)–C–C–N with tert-alkyl or cyclic N) is 1. The number of carbonyl (C=O) groups is 1. The summed E-state index contributed by atoms with van der Waals surface area (Å²) in [6.45, 7) is 8.11. The van der Waals surface area contributed by atoms with Gasteiger partial charge in [0.2, 0.25) is 0 Å². The van der Waals surface area contributed by atoms with Crippen LogP contribution in [0.1, 0.15) is 38.9 Å². The van der Waals surface area contributed by atoms with Crippen molar-refractivity contribution < 1.29 is 14.6 Å². The molecule has 0 saturated carbocycles. The van der Waals surface area contributed by atoms with E-state index in [0.717, 1.165) is 5.69 Å². The standard InChI is InChI=1S/C13H21BrN4O3/c1-8-11(14)15-16-18(8)9-5-6-17(7-10(9)19)12(20)21-13(2,3)4/h9-10,19H,5-7H2,1-4H3/t9-,10-/m0/s1. The van der Waals surface area contributed by atoms with E-state index in [2.05, 4.69) is 26.2 Å². The molecule has 8 heteroatoms. The van der Waals surface area contributed by atoms with Gasteiger partial charge in [-0.3, -0.25) is 0 Å². The number of nitrogens with zero attached hydrogens (tertiary/aromatic N) is 4. The molecule has 1 N–H and O–H groups in total. The summed E-state index contributed by atoms with van der Waals surface area (Å²) in [7, 11) is 0. The summed E-state index contributed by atoms with van der Waals surface area (Å²) in [5.74, 6) is 0. The first-order chi connectivity index (χ1) is 9.69. The SMILES string of the molecule is Cc1c(Br)nnn1[C@H]1CCN(C(=O)OC(C)(C)C)C[C@@H]1O. The Kier molecular flexibility index (Phi) is 4.57. The highest BCUT2D eigenvalue weighted by Gasteiger charge is 2.34. The molecule has 1 aliphatic rings. The highest BCUT2D eigenvalue weighted by Crippen LogP contribution is 2.26. The van der Waals surface area contributed by atoms with Crippen LogP contribution in [0.25, 0.3) is 0 Å². The maximum atomic E-state index is 12.0. The molecule has 1 fully saturated rings. The molecule has 0 aliphatic carbocycles. The van der Waals surface area contributed by atoms with Crippen LogP contribution in [0.4, 0.5) is 4.79 Å². The first kappa shape index (κ1) is 16.2. The van der Waals surface area contributed by atoms with Gasteiger partial charge in [-0.05, 0) is 50.0 Å². The molecule has 0 unspecified atom stereocenters. The number of piperidine rings is 1. The zero-order valence-corrected chi connectivity index (χ0v) is 14.3. The molecule has 21 heavy (non-hydrogen) atoms. The Morgan fingerprint density at radius 3 is 2.62 bits per heavy atom. The molecule has 118 valence electrons. The highest BCUT2D eigenvalue weighted by molar-refractivity contribution is 9.10. The first-order valence-electron chi connectivity index (χ1n) is 6.92. The highest BCUT2D eigenvalue weighted by atomic mass is 79.9. The van der Waals surface area contributed by atoms with E-state index < -0.39 is 17.8 Å². The van der Waals surface area contributed by atoms with Crippen molar-refractivity contribution in [3.8, 4) is 0 Å². The summed E-state index contributed by atoms with van der Waals surface area (Å²) in [5.41, 5.74) is 0.330. The number of likely N-dealkylation sites (tertiary alicyclic amines) is 1. The van der Waals surface area contributed by atoms with Gasteiger partial charge in [-0.1, -0.05) is 5.21 Å². The third-order valence-electron chi connectivity index (χ3n) is 3.38. The van der Waals surface area contributed by atoms with Crippen LogP contribution in [-0.2, 0) is 4.74 Å². The molecule has 1 aliphatic heterocycles. The van der Waals surface area contributed by atoms with Crippen molar-refractivity contribution >= 4 is 22.0 Å². The minimum absolute atomic E-state index is 0.178. The van der Waals surface area contributed by atoms with Crippen LogP contribution in [0.5, 0.6) is 0 Å². The van der Waals surface area contributed by atoms with Gasteiger partial charge in [0.25, 0.3) is 0 Å². The quantitative estimate of drug-likeness (QED) is 0.826. The molecule has 1 aromatic rings. The second-order valence-corrected chi connectivity index (χ2v) is 7.01. The number of amides is 1. The lowest BCUT2D eigenvalue weighted by molar-refractivity contribution is -0.0123. The van der Waals surface area contributed by atoms with E-state index in [1.54, 1.807) is 4.68 Å². The minimum Gasteiger partial charge on any atom is -0.444 e. The van der Waals surface area contributed by atoms with Crippen molar-refractivity contribution in [1.29, 1.82) is 0 Å². The third kappa shape index (κ3) is 3.74. The van der Waals surface area contributed by atoms with Crippen LogP contribution >= 0.6 is 15.9 Å². The summed E-state index contributed by atoms with van der Waals surface area (Å²) in [5, 5.41) is 18.3. The lowest BCUT2D eigenvalue weighted by Gasteiger charge is -2.36. The Labute approximate surface area is 132 Å². The molecule has 0 radical (unpaired) electrons. The van der Waals surface area contributed by atoms with E-state index >= 15 is 0 Å². The van der Waals surface area contributed by atoms with E-state index in [1.807, 2.05) is 27.7 Å². The van der Waals surface area contributed by atoms with Crippen LogP contribution < -0.4 is 0 Å². The van der Waals surface area contributed by atoms with E-state index in [4.69, 9.17) is 4.74 Å². The van der Waals surface area contributed by atoms with Gasteiger partial charge in [-0.15, -0.1) is 5.10 Å². The molecule has 2 atom stereocenters. The van der Waals surface area contributed by atoms with Gasteiger partial charge in [0.05, 0.1) is 24.4 Å². The fourth-order valence-electron chi connectivity index (χ4n) is 2.33. The van der Waals surface area contributed by atoms with Crippen molar-refractivity contribution in [2.75, 3.05) is 13.1 Å². The van der Waals surface area contributed by atoms with Crippen molar-refractivity contribution in [3.63, 3.8) is 0 Å². The lowest BCUT2D eigenvalue weighted by Crippen LogP contribution is -2.49. The number of carbonyl (C=O) groups excluding carboxylic acids is 1. The summed E-state index contributed by atoms with van der Waals surface area (Å²) < 4.78 is 7.71. The molecule has 0 bridgehead atoms. The predicted octanol–water partition coefficient (Wildman–Crippen LogP) is 1.89. The number of hydrogen-bond donors (Lipinski definition) is 1. The average Bonchev–Trinajstić information content (AvgIpc) is 2.68. The van der Waals surface area contributed by atoms with E-state index in [1.165, 1.54) is 4.90 Å². The number of aromatic nitrogens is 3. The zero-order valence-electron chi connectivity index (χ0n) is 12.7. The number of aliphatic hydroxyl groups excluding tert-OH is 1. The summed E-state index contributed by atoms with van der Waals surface area (Å²) in [6.07, 6.45) is -0.480. The molecule has 2 rings (SSSR count). The van der Waals surface area contributed by atoms with Gasteiger partial charge in [0.1, 0.15) is 5.60 Å². The number of hydrogen-bond acceptors (Lipinski definition) is 5. The number of aliphatic hydroxyl groups is 1. The van der Waals surface area contributed by atoms with Gasteiger partial charge in [0, 0.05) is 6.54 Å². The Bertz CT molecular complexity index is 526. The monoisotopic (exact) mass is 360 g/mol. The number of ether oxygens (including phenoxy) is 1. The maximum absolute atomic E-state index is 12.0. The summed E-state index contributed by atoms with van der Waals surface area (Å²) in [4.78, 5) is 13.6. The van der Waals surface area contributed by atoms with Crippen molar-refractivity contribution in [2.24, 2.45) is 0 Å². The largest absolute Gasteiger partial charge is 0.444 e. The van der Waals surface area contributed by atoms with Gasteiger partial charge in [-0.2, -0.15) is 0 Å². The molecular weight excluding hydrogens is 340 g/mol. The molecule has 1 aromatic heterocycles. The topological polar surface area (TPSA) is 80.5 Å². The van der Waals surface area contributed by atoms with Crippen LogP contribution in [-0.4, -0.2) is 55.9 Å². The number of halogens is 1. The first-order valence-corrected chi connectivity index (χ1v) is 7.71. The summed E-state index contributed by atoms with van der Waals surface area (Å²) in [6, 6.07) is -0.178. The normalized spacial score (nSPS) is 23.2. The van der Waals surface area contributed by atoms with Crippen LogP contribution in [0.15, 0.2) is 4.60 Å². The van der Waals surface area contributed by atoms with Crippen LogP contribution in [0.2, 0.25) is 0 Å². The van der Waals surface area contributed by atoms with Crippen LogP contribution in [0, 0.1) is 6.92 Å². The molecule has 1 saturated heterocycles. The fourth-order valence-corrected chi connectivity index (χ4v) is 2.59. The lowest BCUT2D eigenvalue weighted by atomic mass is 10.0. The molecule has 0 aromatic carbocycles. The Balaban J connectivity index is 2.02. The average molecular weight is 361 g/mol. The Hall–Kier alpha value is -1.15. The zero-order chi connectivity index (χ0) is 15.8. The second-order valence-electron chi connectivity index (χ2n) is 6.26. The molecular formula is C13H21BrN4O3. The van der Waals surface area contributed by atoms with Crippen molar-refractivity contribution in [1.82, 2.24) is 19.9 Å². The minimum atomic E-state index is -0.696. The van der Waals surface area contributed by atoms with Crippen molar-refractivity contribution in [3.05, 3.63) is 10.3 Å². The van der Waals surface area contributed by atoms with Crippen molar-refractivity contribution in [2.45, 2.75) is 51.9 Å². The van der Waals surface area contributed by atoms with Crippen LogP contribution in [0.3, 0.4) is 0 Å². The molecule has 7 nitrogen and oxygen atoms in total. The van der Waals surface area contributed by atoms with Gasteiger partial charge < -0.3 is 14.7 Å². The van der Waals surface area contributed by atoms with E-state index in [-0.39, 0.29) is 12.6 Å². The van der Waals surface area contributed by atoms with E-state index in [0.29, 0.717) is 17.6 Å². The van der Waals surface area contributed by atoms with E-state index in [9.17, 15) is 9.90 Å². The summed E-state index contributed by atoms with van der Waals surface area (Å²) >= 11 is 3.31. The predicted molar refractivity (Wildman–Crippen MR) is 79.9 cm³/mol. The maximum Gasteiger partial charge on any atom is 0.410 e. The number of rotatable bonds is 1. The van der Waals surface area contributed by atoms with Gasteiger partial charge >= 0.3 is 6.09 Å². The molecule has 1 amide bonds. The molecule has 2 heterocycles.